The Kier molecular flexibility index (Phi) is 6.20. The molecule has 0 aromatic rings. The van der Waals surface area contributed by atoms with Gasteiger partial charge in [-0.25, -0.2) is 5.43 Å². The summed E-state index contributed by atoms with van der Waals surface area (Å²) in [6.45, 7) is 4.76. The monoisotopic (exact) mass is 335 g/mol. The lowest BCUT2D eigenvalue weighted by molar-refractivity contribution is -0.127. The van der Waals surface area contributed by atoms with Gasteiger partial charge in [0, 0.05) is 13.1 Å². The molecule has 0 saturated carbocycles. The fourth-order valence-corrected chi connectivity index (χ4v) is 3.89. The fourth-order valence-electron chi connectivity index (χ4n) is 3.89. The van der Waals surface area contributed by atoms with Crippen molar-refractivity contribution in [2.75, 3.05) is 32.7 Å². The molecular formula is C17H29N5O2. The lowest BCUT2D eigenvalue weighted by atomic mass is 9.85. The first kappa shape index (κ1) is 17.4. The number of hydrogen-bond acceptors (Lipinski definition) is 5. The summed E-state index contributed by atoms with van der Waals surface area (Å²) in [4.78, 5) is 26.5. The second kappa shape index (κ2) is 8.58. The van der Waals surface area contributed by atoms with Crippen LogP contribution in [-0.2, 0) is 9.59 Å². The lowest BCUT2D eigenvalue weighted by Crippen LogP contribution is -2.56. The van der Waals surface area contributed by atoms with Gasteiger partial charge in [0.05, 0.1) is 24.1 Å². The van der Waals surface area contributed by atoms with Crippen LogP contribution in [0.15, 0.2) is 5.10 Å². The molecule has 2 fully saturated rings. The first-order chi connectivity index (χ1) is 11.7. The Morgan fingerprint density at radius 3 is 2.79 bits per heavy atom. The Balaban J connectivity index is 1.43. The first-order valence-electron chi connectivity index (χ1n) is 9.33. The van der Waals surface area contributed by atoms with Gasteiger partial charge in [-0.15, -0.1) is 0 Å². The SMILES string of the molecule is O=C(CC1=NNC(=O)C2CCCNC12)NCCN1CCCCCC1. The highest BCUT2D eigenvalue weighted by Gasteiger charge is 2.37. The Labute approximate surface area is 143 Å². The van der Waals surface area contributed by atoms with E-state index in [0.717, 1.165) is 44.7 Å². The molecule has 3 heterocycles. The van der Waals surface area contributed by atoms with Crippen LogP contribution >= 0.6 is 0 Å². The van der Waals surface area contributed by atoms with Crippen molar-refractivity contribution >= 4 is 17.5 Å². The number of carbonyl (C=O) groups is 2. The number of rotatable bonds is 5. The highest BCUT2D eigenvalue weighted by atomic mass is 16.2. The van der Waals surface area contributed by atoms with E-state index in [1.54, 1.807) is 0 Å². The molecule has 3 aliphatic rings. The first-order valence-corrected chi connectivity index (χ1v) is 9.33. The summed E-state index contributed by atoms with van der Waals surface area (Å²) in [5.74, 6) is -0.125. The van der Waals surface area contributed by atoms with Crippen LogP contribution in [0.5, 0.6) is 0 Å². The van der Waals surface area contributed by atoms with Crippen molar-refractivity contribution in [2.45, 2.75) is 51.0 Å². The molecule has 3 rings (SSSR count). The summed E-state index contributed by atoms with van der Waals surface area (Å²) in [5, 5.41) is 10.5. The van der Waals surface area contributed by atoms with Crippen molar-refractivity contribution in [1.82, 2.24) is 21.0 Å². The average Bonchev–Trinajstić information content (AvgIpc) is 2.87. The van der Waals surface area contributed by atoms with Crippen LogP contribution < -0.4 is 16.1 Å². The van der Waals surface area contributed by atoms with E-state index >= 15 is 0 Å². The standard InChI is InChI=1S/C17H29N5O2/c23-15(18-8-11-22-9-3-1-2-4-10-22)12-14-16-13(6-5-7-19-16)17(24)21-20-14/h13,16,19H,1-12H2,(H,18,23)(H,21,24). The molecule has 7 heteroatoms. The number of hydrazone groups is 1. The summed E-state index contributed by atoms with van der Waals surface area (Å²) >= 11 is 0. The van der Waals surface area contributed by atoms with Crippen LogP contribution in [-0.4, -0.2) is 61.2 Å². The predicted octanol–water partition coefficient (Wildman–Crippen LogP) is 0.223. The summed E-state index contributed by atoms with van der Waals surface area (Å²) in [6.07, 6.45) is 7.28. The molecule has 2 amide bonds. The zero-order valence-electron chi connectivity index (χ0n) is 14.4. The highest BCUT2D eigenvalue weighted by Crippen LogP contribution is 2.21. The number of nitrogens with one attached hydrogen (secondary N) is 3. The third-order valence-corrected chi connectivity index (χ3v) is 5.25. The maximum atomic E-state index is 12.2. The summed E-state index contributed by atoms with van der Waals surface area (Å²) in [7, 11) is 0. The van der Waals surface area contributed by atoms with Gasteiger partial charge >= 0.3 is 0 Å². The van der Waals surface area contributed by atoms with Gasteiger partial charge in [0.1, 0.15) is 0 Å². The largest absolute Gasteiger partial charge is 0.354 e. The molecular weight excluding hydrogens is 306 g/mol. The molecule has 0 aromatic carbocycles. The molecule has 2 unspecified atom stereocenters. The second-order valence-corrected chi connectivity index (χ2v) is 7.04. The van der Waals surface area contributed by atoms with E-state index in [4.69, 9.17) is 0 Å². The average molecular weight is 335 g/mol. The van der Waals surface area contributed by atoms with Crippen LogP contribution in [0.25, 0.3) is 0 Å². The van der Waals surface area contributed by atoms with Crippen molar-refractivity contribution < 1.29 is 9.59 Å². The van der Waals surface area contributed by atoms with E-state index < -0.39 is 0 Å². The van der Waals surface area contributed by atoms with Gasteiger partial charge in [0.2, 0.25) is 11.8 Å². The molecule has 0 radical (unpaired) electrons. The molecule has 134 valence electrons. The highest BCUT2D eigenvalue weighted by molar-refractivity contribution is 6.07. The predicted molar refractivity (Wildman–Crippen MR) is 92.6 cm³/mol. The maximum absolute atomic E-state index is 12.2. The quantitative estimate of drug-likeness (QED) is 0.671. The number of likely N-dealkylation sites (tertiary alicyclic amines) is 1. The molecule has 0 bridgehead atoms. The topological polar surface area (TPSA) is 85.8 Å². The molecule has 3 N–H and O–H groups in total. The van der Waals surface area contributed by atoms with E-state index in [1.807, 2.05) is 0 Å². The second-order valence-electron chi connectivity index (χ2n) is 7.04. The van der Waals surface area contributed by atoms with E-state index in [0.29, 0.717) is 6.54 Å². The van der Waals surface area contributed by atoms with Gasteiger partial charge < -0.3 is 15.5 Å². The van der Waals surface area contributed by atoms with Gasteiger partial charge in [-0.2, -0.15) is 5.10 Å². The van der Waals surface area contributed by atoms with Crippen LogP contribution in [0.1, 0.15) is 44.9 Å². The van der Waals surface area contributed by atoms with Crippen LogP contribution in [0.3, 0.4) is 0 Å². The number of hydrogen-bond donors (Lipinski definition) is 3. The smallest absolute Gasteiger partial charge is 0.245 e. The van der Waals surface area contributed by atoms with E-state index in [-0.39, 0.29) is 30.2 Å². The molecule has 24 heavy (non-hydrogen) atoms. The number of carbonyl (C=O) groups excluding carboxylic acids is 2. The van der Waals surface area contributed by atoms with Crippen molar-refractivity contribution in [2.24, 2.45) is 11.0 Å². The van der Waals surface area contributed by atoms with Crippen LogP contribution in [0, 0.1) is 5.92 Å². The summed E-state index contributed by atoms with van der Waals surface area (Å²) < 4.78 is 0. The zero-order valence-corrected chi connectivity index (χ0v) is 14.4. The molecule has 0 aliphatic carbocycles. The minimum absolute atomic E-state index is 0.00848. The number of fused-ring (bicyclic) bond motifs is 1. The molecule has 0 spiro atoms. The lowest BCUT2D eigenvalue weighted by Gasteiger charge is -2.34. The number of amides is 2. The molecule has 7 nitrogen and oxygen atoms in total. The third-order valence-electron chi connectivity index (χ3n) is 5.25. The zero-order chi connectivity index (χ0) is 16.8. The van der Waals surface area contributed by atoms with Crippen LogP contribution in [0.2, 0.25) is 0 Å². The van der Waals surface area contributed by atoms with Gasteiger partial charge in [0.15, 0.2) is 0 Å². The minimum atomic E-state index is -0.0869. The summed E-state index contributed by atoms with van der Waals surface area (Å²) in [5.41, 5.74) is 3.33. The Morgan fingerprint density at radius 1 is 1.21 bits per heavy atom. The van der Waals surface area contributed by atoms with Crippen molar-refractivity contribution in [3.63, 3.8) is 0 Å². The van der Waals surface area contributed by atoms with E-state index in [1.165, 1.54) is 25.7 Å². The summed E-state index contributed by atoms with van der Waals surface area (Å²) in [6, 6.07) is -0.0798. The molecule has 2 atom stereocenters. The fraction of sp³-hybridized carbons (Fsp3) is 0.824. The van der Waals surface area contributed by atoms with Gasteiger partial charge in [-0.1, -0.05) is 12.8 Å². The van der Waals surface area contributed by atoms with Crippen molar-refractivity contribution in [1.29, 1.82) is 0 Å². The Morgan fingerprint density at radius 2 is 2.00 bits per heavy atom. The normalized spacial score (nSPS) is 28.3. The number of nitrogens with zero attached hydrogens (tertiary/aromatic N) is 2. The Hall–Kier alpha value is -1.47. The van der Waals surface area contributed by atoms with E-state index in [9.17, 15) is 9.59 Å². The minimum Gasteiger partial charge on any atom is -0.354 e. The third kappa shape index (κ3) is 4.54. The molecule has 2 saturated heterocycles. The van der Waals surface area contributed by atoms with Crippen molar-refractivity contribution in [3.8, 4) is 0 Å². The molecule has 0 aromatic heterocycles. The van der Waals surface area contributed by atoms with Gasteiger partial charge in [0.25, 0.3) is 0 Å². The van der Waals surface area contributed by atoms with E-state index in [2.05, 4.69) is 26.1 Å². The van der Waals surface area contributed by atoms with Gasteiger partial charge in [-0.3, -0.25) is 9.59 Å². The maximum Gasteiger partial charge on any atom is 0.245 e. The molecule has 3 aliphatic heterocycles. The van der Waals surface area contributed by atoms with Crippen molar-refractivity contribution in [3.05, 3.63) is 0 Å². The van der Waals surface area contributed by atoms with Gasteiger partial charge in [-0.05, 0) is 45.3 Å². The number of piperidine rings is 1. The van der Waals surface area contributed by atoms with Crippen LogP contribution in [0.4, 0.5) is 0 Å². The Bertz CT molecular complexity index is 485.